The van der Waals surface area contributed by atoms with Crippen molar-refractivity contribution in [3.05, 3.63) is 95.2 Å². The Morgan fingerprint density at radius 3 is 2.67 bits per heavy atom. The number of carbonyl (C=O) groups excluding carboxylic acids is 2. The minimum Gasteiger partial charge on any atom is -0.497 e. The maximum absolute atomic E-state index is 13.3. The molecule has 2 aromatic heterocycles. The second kappa shape index (κ2) is 12.7. The van der Waals surface area contributed by atoms with Gasteiger partial charge in [-0.25, -0.2) is 9.67 Å². The number of pyridine rings is 1. The van der Waals surface area contributed by atoms with Gasteiger partial charge in [-0.2, -0.15) is 5.10 Å². The highest BCUT2D eigenvalue weighted by molar-refractivity contribution is 6.13. The van der Waals surface area contributed by atoms with Crippen LogP contribution in [0.2, 0.25) is 0 Å². The first kappa shape index (κ1) is 27.3. The number of amidine groups is 1. The van der Waals surface area contributed by atoms with E-state index in [9.17, 15) is 9.59 Å². The minimum atomic E-state index is -0.519. The molecular formula is C28H32N8O3. The normalized spacial score (nSPS) is 13.6. The number of rotatable bonds is 10. The summed E-state index contributed by atoms with van der Waals surface area (Å²) >= 11 is 0. The Balaban J connectivity index is 1.43. The van der Waals surface area contributed by atoms with Crippen LogP contribution in [0.3, 0.4) is 0 Å². The van der Waals surface area contributed by atoms with Crippen LogP contribution in [0.1, 0.15) is 34.5 Å². The molecule has 3 heterocycles. The number of hydrogen-bond acceptors (Lipinski definition) is 8. The van der Waals surface area contributed by atoms with E-state index in [1.165, 1.54) is 15.8 Å². The molecule has 0 saturated carbocycles. The Labute approximate surface area is 226 Å². The van der Waals surface area contributed by atoms with E-state index in [0.29, 0.717) is 43.7 Å². The Morgan fingerprint density at radius 1 is 1.18 bits per heavy atom. The molecule has 0 radical (unpaired) electrons. The van der Waals surface area contributed by atoms with Crippen LogP contribution < -0.4 is 21.1 Å². The van der Waals surface area contributed by atoms with Crippen molar-refractivity contribution in [1.29, 1.82) is 5.41 Å². The summed E-state index contributed by atoms with van der Waals surface area (Å²) in [5.74, 6) is 0.365. The second-order valence-electron chi connectivity index (χ2n) is 8.85. The van der Waals surface area contributed by atoms with Crippen molar-refractivity contribution in [1.82, 2.24) is 30.3 Å². The van der Waals surface area contributed by atoms with Gasteiger partial charge >= 0.3 is 0 Å². The van der Waals surface area contributed by atoms with Crippen molar-refractivity contribution >= 4 is 17.6 Å². The first-order valence-electron chi connectivity index (χ1n) is 12.6. The van der Waals surface area contributed by atoms with E-state index in [4.69, 9.17) is 15.9 Å². The molecule has 0 atom stereocenters. The predicted octanol–water partition coefficient (Wildman–Crippen LogP) is 2.29. The molecule has 0 fully saturated rings. The predicted molar refractivity (Wildman–Crippen MR) is 147 cm³/mol. The van der Waals surface area contributed by atoms with Crippen LogP contribution in [0.25, 0.3) is 5.82 Å². The summed E-state index contributed by atoms with van der Waals surface area (Å²) in [6.07, 6.45) is 8.63. The number of aromatic nitrogens is 3. The van der Waals surface area contributed by atoms with Crippen LogP contribution in [-0.2, 0) is 17.8 Å². The van der Waals surface area contributed by atoms with Crippen LogP contribution >= 0.6 is 0 Å². The third kappa shape index (κ3) is 6.57. The average molecular weight is 529 g/mol. The zero-order valence-electron chi connectivity index (χ0n) is 22.0. The van der Waals surface area contributed by atoms with Gasteiger partial charge in [-0.15, -0.1) is 0 Å². The van der Waals surface area contributed by atoms with Crippen LogP contribution in [0.5, 0.6) is 5.75 Å². The van der Waals surface area contributed by atoms with E-state index >= 15 is 0 Å². The smallest absolute Gasteiger partial charge is 0.274 e. The van der Waals surface area contributed by atoms with Crippen LogP contribution in [0.15, 0.2) is 78.4 Å². The van der Waals surface area contributed by atoms with E-state index in [0.717, 1.165) is 16.9 Å². The van der Waals surface area contributed by atoms with E-state index in [1.54, 1.807) is 44.8 Å². The van der Waals surface area contributed by atoms with E-state index in [-0.39, 0.29) is 23.1 Å². The molecule has 4 rings (SSSR count). The Bertz CT molecular complexity index is 1410. The molecular weight excluding hydrogens is 496 g/mol. The van der Waals surface area contributed by atoms with Gasteiger partial charge in [-0.1, -0.05) is 24.3 Å². The molecule has 39 heavy (non-hydrogen) atoms. The number of amides is 2. The van der Waals surface area contributed by atoms with Crippen molar-refractivity contribution in [3.63, 3.8) is 0 Å². The summed E-state index contributed by atoms with van der Waals surface area (Å²) in [5, 5.41) is 18.6. The maximum Gasteiger partial charge on any atom is 0.274 e. The highest BCUT2D eigenvalue weighted by Crippen LogP contribution is 2.20. The Hall–Kier alpha value is -4.77. The average Bonchev–Trinajstić information content (AvgIpc) is 3.46. The van der Waals surface area contributed by atoms with Crippen molar-refractivity contribution in [3.8, 4) is 11.6 Å². The number of methoxy groups -OCH3 is 1. The van der Waals surface area contributed by atoms with Gasteiger partial charge < -0.3 is 21.1 Å². The molecule has 202 valence electrons. The van der Waals surface area contributed by atoms with E-state index in [1.807, 2.05) is 30.3 Å². The summed E-state index contributed by atoms with van der Waals surface area (Å²) < 4.78 is 6.74. The van der Waals surface area contributed by atoms with E-state index in [2.05, 4.69) is 20.7 Å². The van der Waals surface area contributed by atoms with Gasteiger partial charge in [0.25, 0.3) is 11.8 Å². The highest BCUT2D eigenvalue weighted by atomic mass is 16.5. The summed E-state index contributed by atoms with van der Waals surface area (Å²) in [6, 6.07) is 12.7. The standard InChI is InChI=1S/C28H32N8O3/c1-31-17-24(34-27(37)23-6-3-7-25(33-23)36-18-20(15-29)16-32-36)26(30)35-14-4-5-21(28(35)38)11-8-19-9-12-22(39-2)13-10-19/h3,5-7,9-10,12-13,16-18,30-31H,4,8,11,14-15,29H2,1-2H3,(H,34,37)/b24-17+,30-26?. The molecule has 5 N–H and O–H groups in total. The lowest BCUT2D eigenvalue weighted by Gasteiger charge is -2.28. The number of benzene rings is 1. The van der Waals surface area contributed by atoms with Crippen LogP contribution in [0, 0.1) is 5.41 Å². The first-order chi connectivity index (χ1) is 18.9. The fourth-order valence-corrected chi connectivity index (χ4v) is 4.13. The molecule has 11 heteroatoms. The van der Waals surface area contributed by atoms with Gasteiger partial charge in [0.05, 0.1) is 19.0 Å². The number of nitrogens with two attached hydrogens (primary N) is 1. The maximum atomic E-state index is 13.3. The highest BCUT2D eigenvalue weighted by Gasteiger charge is 2.28. The van der Waals surface area contributed by atoms with Crippen LogP contribution in [0.4, 0.5) is 0 Å². The number of ether oxygens (including phenoxy) is 1. The van der Waals surface area contributed by atoms with Crippen LogP contribution in [-0.4, -0.2) is 58.0 Å². The molecule has 1 aromatic carbocycles. The zero-order valence-corrected chi connectivity index (χ0v) is 22.0. The number of carbonyl (C=O) groups is 2. The third-order valence-electron chi connectivity index (χ3n) is 6.24. The molecule has 0 unspecified atom stereocenters. The fourth-order valence-electron chi connectivity index (χ4n) is 4.13. The summed E-state index contributed by atoms with van der Waals surface area (Å²) in [4.78, 5) is 32.2. The zero-order chi connectivity index (χ0) is 27.8. The molecule has 3 aromatic rings. The lowest BCUT2D eigenvalue weighted by Crippen LogP contribution is -2.44. The lowest BCUT2D eigenvalue weighted by molar-refractivity contribution is -0.124. The summed E-state index contributed by atoms with van der Waals surface area (Å²) in [6.45, 7) is 0.686. The van der Waals surface area contributed by atoms with Gasteiger partial charge in [-0.3, -0.25) is 19.9 Å². The molecule has 1 aliphatic heterocycles. The monoisotopic (exact) mass is 528 g/mol. The number of hydrogen-bond donors (Lipinski definition) is 4. The number of nitrogens with zero attached hydrogens (tertiary/aromatic N) is 4. The van der Waals surface area contributed by atoms with Gasteiger partial charge in [0.1, 0.15) is 11.4 Å². The van der Waals surface area contributed by atoms with Gasteiger partial charge in [0.15, 0.2) is 11.7 Å². The number of nitrogens with one attached hydrogen (secondary N) is 3. The fraction of sp³-hybridized carbons (Fsp3) is 0.250. The minimum absolute atomic E-state index is 0.103. The molecule has 0 saturated heterocycles. The van der Waals surface area contributed by atoms with E-state index < -0.39 is 5.91 Å². The molecule has 0 aliphatic carbocycles. The SMILES string of the molecule is CN/C=C(/NC(=O)c1cccc(-n2cc(CN)cn2)n1)C(=N)N1CCC=C(CCc2ccc(OC)cc2)C1=O. The molecule has 11 nitrogen and oxygen atoms in total. The third-order valence-corrected chi connectivity index (χ3v) is 6.24. The van der Waals surface area contributed by atoms with Gasteiger partial charge in [0, 0.05) is 43.7 Å². The van der Waals surface area contributed by atoms with Crippen molar-refractivity contribution in [2.24, 2.45) is 5.73 Å². The van der Waals surface area contributed by atoms with Gasteiger partial charge in [-0.05, 0) is 49.1 Å². The molecule has 2 amide bonds. The van der Waals surface area contributed by atoms with Crippen molar-refractivity contribution in [2.45, 2.75) is 25.8 Å². The Morgan fingerprint density at radius 2 is 1.97 bits per heavy atom. The number of aryl methyl sites for hydroxylation is 1. The largest absolute Gasteiger partial charge is 0.497 e. The van der Waals surface area contributed by atoms with Crippen molar-refractivity contribution in [2.75, 3.05) is 20.7 Å². The Kier molecular flexibility index (Phi) is 8.85. The van der Waals surface area contributed by atoms with Gasteiger partial charge in [0.2, 0.25) is 0 Å². The summed E-state index contributed by atoms with van der Waals surface area (Å²) in [7, 11) is 3.28. The molecule has 1 aliphatic rings. The topological polar surface area (TPSA) is 151 Å². The quantitative estimate of drug-likeness (QED) is 0.233. The lowest BCUT2D eigenvalue weighted by atomic mass is 10.00. The molecule has 0 bridgehead atoms. The second-order valence-corrected chi connectivity index (χ2v) is 8.85. The van der Waals surface area contributed by atoms with Crippen molar-refractivity contribution < 1.29 is 14.3 Å². The molecule has 0 spiro atoms. The summed E-state index contributed by atoms with van der Waals surface area (Å²) in [5.41, 5.74) is 8.52. The first-order valence-corrected chi connectivity index (χ1v) is 12.6.